The van der Waals surface area contributed by atoms with Crippen LogP contribution in [0.15, 0.2) is 83.9 Å². The Labute approximate surface area is 220 Å². The first-order valence-corrected chi connectivity index (χ1v) is 12.7. The van der Waals surface area contributed by atoms with Gasteiger partial charge in [-0.2, -0.15) is 5.26 Å². The van der Waals surface area contributed by atoms with E-state index in [1.165, 1.54) is 11.8 Å². The second-order valence-corrected chi connectivity index (χ2v) is 9.56. The molecule has 3 aromatic carbocycles. The lowest BCUT2D eigenvalue weighted by atomic mass is 9.98. The molecular formula is C29H24ClN3O2S. The Morgan fingerprint density at radius 2 is 1.75 bits per heavy atom. The highest BCUT2D eigenvalue weighted by Gasteiger charge is 2.17. The van der Waals surface area contributed by atoms with Crippen molar-refractivity contribution in [2.75, 3.05) is 18.2 Å². The number of halogens is 1. The Kier molecular flexibility index (Phi) is 8.27. The molecule has 0 atom stereocenters. The number of carbonyl (C=O) groups is 1. The maximum absolute atomic E-state index is 12.5. The summed E-state index contributed by atoms with van der Waals surface area (Å²) in [7, 11) is 1.63. The molecular weight excluding hydrogens is 490 g/mol. The summed E-state index contributed by atoms with van der Waals surface area (Å²) >= 11 is 7.54. The van der Waals surface area contributed by atoms with Crippen LogP contribution >= 0.6 is 23.4 Å². The number of nitriles is 1. The minimum atomic E-state index is -0.154. The lowest BCUT2D eigenvalue weighted by Gasteiger charge is -2.13. The van der Waals surface area contributed by atoms with Gasteiger partial charge in [0, 0.05) is 23.3 Å². The second-order valence-electron chi connectivity index (χ2n) is 8.07. The maximum Gasteiger partial charge on any atom is 0.225 e. The van der Waals surface area contributed by atoms with E-state index in [0.29, 0.717) is 27.1 Å². The fraction of sp³-hybridized carbons (Fsp3) is 0.138. The van der Waals surface area contributed by atoms with Crippen LogP contribution in [0.25, 0.3) is 22.4 Å². The third kappa shape index (κ3) is 6.06. The SMILES string of the molecule is COc1ccc(-c2cc(-c3ccc(C)cc3)c(C#N)c(SCCC(=O)Nc3ccccc3Cl)n2)cc1. The Hall–Kier alpha value is -3.79. The van der Waals surface area contributed by atoms with Crippen LogP contribution in [0.5, 0.6) is 5.75 Å². The van der Waals surface area contributed by atoms with Crippen LogP contribution in [-0.2, 0) is 4.79 Å². The molecule has 0 spiro atoms. The zero-order valence-electron chi connectivity index (χ0n) is 19.9. The molecule has 5 nitrogen and oxygen atoms in total. The van der Waals surface area contributed by atoms with E-state index in [1.54, 1.807) is 19.2 Å². The molecule has 1 aromatic heterocycles. The van der Waals surface area contributed by atoms with E-state index in [4.69, 9.17) is 21.3 Å². The lowest BCUT2D eigenvalue weighted by molar-refractivity contribution is -0.115. The smallest absolute Gasteiger partial charge is 0.225 e. The van der Waals surface area contributed by atoms with E-state index in [-0.39, 0.29) is 12.3 Å². The number of anilines is 1. The zero-order chi connectivity index (χ0) is 25.5. The number of amides is 1. The number of hydrogen-bond donors (Lipinski definition) is 1. The number of aromatic nitrogens is 1. The molecule has 0 aliphatic carbocycles. The van der Waals surface area contributed by atoms with Gasteiger partial charge in [0.15, 0.2) is 0 Å². The maximum atomic E-state index is 12.5. The number of aryl methyl sites for hydroxylation is 1. The van der Waals surface area contributed by atoms with Gasteiger partial charge in [-0.3, -0.25) is 4.79 Å². The van der Waals surface area contributed by atoms with Gasteiger partial charge in [-0.05, 0) is 55.0 Å². The normalized spacial score (nSPS) is 10.5. The lowest BCUT2D eigenvalue weighted by Crippen LogP contribution is -2.12. The molecule has 7 heteroatoms. The monoisotopic (exact) mass is 513 g/mol. The molecule has 4 rings (SSSR count). The summed E-state index contributed by atoms with van der Waals surface area (Å²) in [5.74, 6) is 1.06. The van der Waals surface area contributed by atoms with Gasteiger partial charge in [0.25, 0.3) is 0 Å². The van der Waals surface area contributed by atoms with Crippen LogP contribution in [-0.4, -0.2) is 23.8 Å². The number of hydrogen-bond acceptors (Lipinski definition) is 5. The fourth-order valence-corrected chi connectivity index (χ4v) is 4.75. The number of benzene rings is 3. The molecule has 0 radical (unpaired) electrons. The second kappa shape index (κ2) is 11.8. The quantitative estimate of drug-likeness (QED) is 0.249. The van der Waals surface area contributed by atoms with Gasteiger partial charge in [-0.25, -0.2) is 4.98 Å². The number of ether oxygens (including phenoxy) is 1. The first-order valence-electron chi connectivity index (χ1n) is 11.3. The van der Waals surface area contributed by atoms with Crippen LogP contribution in [0, 0.1) is 18.3 Å². The van der Waals surface area contributed by atoms with Crippen molar-refractivity contribution in [3.8, 4) is 34.2 Å². The summed E-state index contributed by atoms with van der Waals surface area (Å²) in [4.78, 5) is 17.3. The number of pyridine rings is 1. The van der Waals surface area contributed by atoms with Crippen LogP contribution < -0.4 is 10.1 Å². The summed E-state index contributed by atoms with van der Waals surface area (Å²) in [6.07, 6.45) is 0.245. The Morgan fingerprint density at radius 1 is 1.06 bits per heavy atom. The van der Waals surface area contributed by atoms with Gasteiger partial charge in [0.1, 0.15) is 16.8 Å². The highest BCUT2D eigenvalue weighted by Crippen LogP contribution is 2.35. The fourth-order valence-electron chi connectivity index (χ4n) is 3.62. The third-order valence-corrected chi connectivity index (χ3v) is 6.87. The molecule has 0 saturated carbocycles. The minimum absolute atomic E-state index is 0.154. The number of methoxy groups -OCH3 is 1. The van der Waals surface area contributed by atoms with Crippen LogP contribution in [0.2, 0.25) is 5.02 Å². The average molecular weight is 514 g/mol. The van der Waals surface area contributed by atoms with Gasteiger partial charge < -0.3 is 10.1 Å². The summed E-state index contributed by atoms with van der Waals surface area (Å²) in [6.45, 7) is 2.03. The minimum Gasteiger partial charge on any atom is -0.497 e. The van der Waals surface area contributed by atoms with Crippen molar-refractivity contribution in [3.63, 3.8) is 0 Å². The topological polar surface area (TPSA) is 75.0 Å². The summed E-state index contributed by atoms with van der Waals surface area (Å²) in [6, 6.07) is 27.1. The predicted molar refractivity (Wildman–Crippen MR) is 147 cm³/mol. The molecule has 0 saturated heterocycles. The number of para-hydroxylation sites is 1. The van der Waals surface area contributed by atoms with Gasteiger partial charge in [-0.1, -0.05) is 53.6 Å². The molecule has 1 heterocycles. The molecule has 0 aliphatic heterocycles. The largest absolute Gasteiger partial charge is 0.497 e. The first-order chi connectivity index (χ1) is 17.5. The van der Waals surface area contributed by atoms with Gasteiger partial charge >= 0.3 is 0 Å². The van der Waals surface area contributed by atoms with Crippen LogP contribution in [0.4, 0.5) is 5.69 Å². The van der Waals surface area contributed by atoms with Crippen molar-refractivity contribution in [1.29, 1.82) is 5.26 Å². The number of rotatable bonds is 8. The van der Waals surface area contributed by atoms with E-state index in [1.807, 2.05) is 73.7 Å². The number of nitrogens with zero attached hydrogens (tertiary/aromatic N) is 2. The standard InChI is InChI=1S/C29H24ClN3O2S/c1-19-7-9-20(10-8-19)23-17-27(21-11-13-22(35-2)14-12-21)33-29(24(23)18-31)36-16-15-28(34)32-26-6-4-3-5-25(26)30/h3-14,17H,15-16H2,1-2H3,(H,32,34). The Balaban J connectivity index is 1.63. The van der Waals surface area contributed by atoms with Crippen molar-refractivity contribution in [2.24, 2.45) is 0 Å². The van der Waals surface area contributed by atoms with Crippen LogP contribution in [0.3, 0.4) is 0 Å². The van der Waals surface area contributed by atoms with E-state index < -0.39 is 0 Å². The van der Waals surface area contributed by atoms with Crippen molar-refractivity contribution < 1.29 is 9.53 Å². The molecule has 0 aliphatic rings. The van der Waals surface area contributed by atoms with E-state index in [0.717, 1.165) is 33.7 Å². The molecule has 1 amide bonds. The van der Waals surface area contributed by atoms with Crippen molar-refractivity contribution in [1.82, 2.24) is 4.98 Å². The Bertz CT molecular complexity index is 1410. The Morgan fingerprint density at radius 3 is 2.42 bits per heavy atom. The van der Waals surface area contributed by atoms with Crippen molar-refractivity contribution in [2.45, 2.75) is 18.4 Å². The molecule has 180 valence electrons. The van der Waals surface area contributed by atoms with Crippen molar-refractivity contribution in [3.05, 3.63) is 95.0 Å². The highest BCUT2D eigenvalue weighted by atomic mass is 35.5. The zero-order valence-corrected chi connectivity index (χ0v) is 21.5. The van der Waals surface area contributed by atoms with E-state index in [9.17, 15) is 10.1 Å². The first kappa shape index (κ1) is 25.3. The molecule has 0 unspecified atom stereocenters. The highest BCUT2D eigenvalue weighted by molar-refractivity contribution is 7.99. The van der Waals surface area contributed by atoms with Crippen molar-refractivity contribution >= 4 is 35.0 Å². The van der Waals surface area contributed by atoms with Gasteiger partial charge in [-0.15, -0.1) is 11.8 Å². The third-order valence-electron chi connectivity index (χ3n) is 5.56. The summed E-state index contributed by atoms with van der Waals surface area (Å²) in [5.41, 5.74) is 5.61. The molecule has 0 fully saturated rings. The molecule has 4 aromatic rings. The van der Waals surface area contributed by atoms with Gasteiger partial charge in [0.2, 0.25) is 5.91 Å². The van der Waals surface area contributed by atoms with Gasteiger partial charge in [0.05, 0.1) is 29.1 Å². The summed E-state index contributed by atoms with van der Waals surface area (Å²) in [5, 5.41) is 14.0. The molecule has 0 bridgehead atoms. The number of carbonyl (C=O) groups excluding carboxylic acids is 1. The average Bonchev–Trinajstić information content (AvgIpc) is 2.90. The van der Waals surface area contributed by atoms with E-state index in [2.05, 4.69) is 11.4 Å². The summed E-state index contributed by atoms with van der Waals surface area (Å²) < 4.78 is 5.28. The van der Waals surface area contributed by atoms with Crippen LogP contribution in [0.1, 0.15) is 17.5 Å². The molecule has 36 heavy (non-hydrogen) atoms. The molecule has 1 N–H and O–H groups in total. The predicted octanol–water partition coefficient (Wildman–Crippen LogP) is 7.38. The van der Waals surface area contributed by atoms with E-state index >= 15 is 0 Å². The number of nitrogens with one attached hydrogen (secondary N) is 1. The number of thioether (sulfide) groups is 1.